The van der Waals surface area contributed by atoms with Crippen LogP contribution in [0.2, 0.25) is 0 Å². The van der Waals surface area contributed by atoms with Gasteiger partial charge in [0.15, 0.2) is 11.6 Å². The molecule has 2 atom stereocenters. The lowest BCUT2D eigenvalue weighted by atomic mass is 10.1. The van der Waals surface area contributed by atoms with Gasteiger partial charge in [-0.25, -0.2) is 40.2 Å². The fourth-order valence-electron chi connectivity index (χ4n) is 6.03. The number of hydrogen-bond donors (Lipinski definition) is 3. The third kappa shape index (κ3) is 23.0. The van der Waals surface area contributed by atoms with Gasteiger partial charge in [0.05, 0.1) is 51.7 Å². The summed E-state index contributed by atoms with van der Waals surface area (Å²) in [7, 11) is -1.59. The standard InChI is InChI=1S/C24H27N3O4S3.C15H18N2OS2.C9H11NO4S.4CH4.2H2S/c1-27(2)34(30,31)19-11-7-10-18(14-19)24(29)26-20(12-13-32-3)22(28)15-23-25-21(16-33-23)17-8-5-4-6-9-17;1-19-8-7-12(16)14(18)9-15-17-13(10-20-15)11-5-3-2-4-6-11;1-10(2)15(13,14)8-5-3-4-7(6-8)9(11)12;;;;;;/h4-11,14,16,20H,12-13,15H2,1-3H3,(H,26,29);2-6,10,12H,7-9,16H2,1H3;3-6H,1-2H3,(H,11,12);4*1H4;2*1H2/t20-;12-;;;;;;;/m00......./s1. The summed E-state index contributed by atoms with van der Waals surface area (Å²) in [6.45, 7) is 0. The summed E-state index contributed by atoms with van der Waals surface area (Å²) in [6, 6.07) is 29.7. The highest BCUT2D eigenvalue weighted by atomic mass is 32.2. The summed E-state index contributed by atoms with van der Waals surface area (Å²) < 4.78 is 50.2. The number of hydrogen-bond acceptors (Lipinski definition) is 15. The Kier molecular flexibility index (Phi) is 36.5. The summed E-state index contributed by atoms with van der Waals surface area (Å²) in [4.78, 5) is 57.8. The molecular weight excluding hydrogens is 1110 g/mol. The van der Waals surface area contributed by atoms with Crippen LogP contribution < -0.4 is 11.1 Å². The minimum absolute atomic E-state index is 0. The molecule has 416 valence electrons. The predicted molar refractivity (Wildman–Crippen MR) is 327 cm³/mol. The molecule has 0 aliphatic carbocycles. The van der Waals surface area contributed by atoms with E-state index in [1.165, 1.54) is 93.3 Å². The van der Waals surface area contributed by atoms with Crippen LogP contribution in [0.4, 0.5) is 0 Å². The van der Waals surface area contributed by atoms with Crippen LogP contribution in [-0.4, -0.2) is 128 Å². The molecule has 23 heteroatoms. The zero-order chi connectivity index (χ0) is 50.7. The van der Waals surface area contributed by atoms with Crippen molar-refractivity contribution in [2.24, 2.45) is 5.73 Å². The second-order valence-corrected chi connectivity index (χ2v) is 23.6. The molecule has 2 aromatic heterocycles. The molecule has 6 aromatic rings. The first-order valence-electron chi connectivity index (χ1n) is 21.2. The van der Waals surface area contributed by atoms with Crippen LogP contribution >= 0.6 is 73.2 Å². The topological polar surface area (TPSA) is 227 Å². The van der Waals surface area contributed by atoms with E-state index in [9.17, 15) is 36.0 Å². The number of Topliss-reactive ketones (excluding diaryl/α,β-unsaturated/α-hetero) is 2. The van der Waals surface area contributed by atoms with Crippen molar-refractivity contribution in [1.29, 1.82) is 0 Å². The molecule has 0 bridgehead atoms. The fraction of sp³-hybridized carbons (Fsp3) is 0.346. The van der Waals surface area contributed by atoms with Crippen LogP contribution in [0.1, 0.15) is 73.3 Å². The predicted octanol–water partition coefficient (Wildman–Crippen LogP) is 10.1. The summed E-state index contributed by atoms with van der Waals surface area (Å²) in [5, 5.41) is 16.9. The van der Waals surface area contributed by atoms with E-state index in [1.54, 1.807) is 23.5 Å². The van der Waals surface area contributed by atoms with Crippen LogP contribution in [0.25, 0.3) is 22.5 Å². The first-order chi connectivity index (χ1) is 32.8. The molecule has 15 nitrogen and oxygen atoms in total. The van der Waals surface area contributed by atoms with Gasteiger partial charge in [0, 0.05) is 55.6 Å². The number of benzene rings is 4. The van der Waals surface area contributed by atoms with Gasteiger partial charge >= 0.3 is 5.97 Å². The highest BCUT2D eigenvalue weighted by Gasteiger charge is 2.25. The van der Waals surface area contributed by atoms with Crippen molar-refractivity contribution < 1.29 is 41.1 Å². The monoisotopic (exact) mass is 1180 g/mol. The number of rotatable bonds is 21. The van der Waals surface area contributed by atoms with Gasteiger partial charge in [-0.3, -0.25) is 14.4 Å². The average Bonchev–Trinajstić information content (AvgIpc) is 4.03. The first-order valence-corrected chi connectivity index (χ1v) is 28.6. The highest BCUT2D eigenvalue weighted by Crippen LogP contribution is 2.24. The number of amides is 1. The quantitative estimate of drug-likeness (QED) is 0.0610. The Bertz CT molecular complexity index is 2870. The van der Waals surface area contributed by atoms with E-state index in [0.717, 1.165) is 54.4 Å². The van der Waals surface area contributed by atoms with Gasteiger partial charge in [0.25, 0.3) is 5.91 Å². The average molecular weight is 1190 g/mol. The maximum Gasteiger partial charge on any atom is 0.335 e. The van der Waals surface area contributed by atoms with Crippen LogP contribution in [0.5, 0.6) is 0 Å². The number of aromatic nitrogens is 2. The molecule has 1 amide bonds. The number of thiazole rings is 2. The lowest BCUT2D eigenvalue weighted by molar-refractivity contribution is -0.120. The van der Waals surface area contributed by atoms with Crippen molar-refractivity contribution in [3.05, 3.63) is 141 Å². The molecule has 2 heterocycles. The zero-order valence-corrected chi connectivity index (χ0v) is 46.9. The van der Waals surface area contributed by atoms with E-state index in [0.29, 0.717) is 23.6 Å². The molecule has 0 unspecified atom stereocenters. The van der Waals surface area contributed by atoms with Crippen molar-refractivity contribution >= 4 is 117 Å². The van der Waals surface area contributed by atoms with E-state index in [1.807, 2.05) is 83.9 Å². The van der Waals surface area contributed by atoms with Crippen LogP contribution in [-0.2, 0) is 42.5 Å². The smallest absolute Gasteiger partial charge is 0.335 e. The van der Waals surface area contributed by atoms with Gasteiger partial charge in [0.1, 0.15) is 10.0 Å². The molecule has 0 saturated heterocycles. The number of sulfonamides is 2. The molecule has 75 heavy (non-hydrogen) atoms. The fourth-order valence-corrected chi connectivity index (χ4v) is 10.5. The van der Waals surface area contributed by atoms with Crippen LogP contribution in [0.3, 0.4) is 0 Å². The largest absolute Gasteiger partial charge is 0.478 e. The lowest BCUT2D eigenvalue weighted by Crippen LogP contribution is -2.42. The number of nitrogens with two attached hydrogens (primary N) is 1. The van der Waals surface area contributed by atoms with Crippen LogP contribution in [0.15, 0.2) is 130 Å². The van der Waals surface area contributed by atoms with E-state index in [-0.39, 0.29) is 102 Å². The molecule has 0 aliphatic heterocycles. The molecular formula is C52H76N6O9S8. The Morgan fingerprint density at radius 1 is 0.613 bits per heavy atom. The summed E-state index contributed by atoms with van der Waals surface area (Å²) in [5.74, 6) is -0.0783. The molecule has 0 saturated carbocycles. The molecule has 0 spiro atoms. The number of carbonyl (C=O) groups excluding carboxylic acids is 3. The number of nitrogens with one attached hydrogen (secondary N) is 1. The van der Waals surface area contributed by atoms with Crippen LogP contribution in [0, 0.1) is 0 Å². The number of nitrogens with zero attached hydrogens (tertiary/aromatic N) is 4. The minimum Gasteiger partial charge on any atom is -0.478 e. The van der Waals surface area contributed by atoms with Crippen molar-refractivity contribution in [1.82, 2.24) is 23.9 Å². The summed E-state index contributed by atoms with van der Waals surface area (Å²) >= 11 is 6.23. The van der Waals surface area contributed by atoms with E-state index < -0.39 is 38.0 Å². The van der Waals surface area contributed by atoms with Gasteiger partial charge in [-0.05, 0) is 73.3 Å². The second kappa shape index (κ2) is 36.6. The SMILES string of the molecule is C.C.C.C.CN(C)S(=O)(=O)c1cccc(C(=O)O)c1.CSCC[C@H](N)C(=O)Cc1nc(-c2ccccc2)cs1.CSCC[C@H](NC(=O)c1cccc(S(=O)(=O)N(C)C)c1)C(=O)Cc1nc(-c2ccccc2)cs1.S.S. The maximum absolute atomic E-state index is 13.1. The Hall–Kier alpha value is -4.40. The van der Waals surface area contributed by atoms with Crippen molar-refractivity contribution in [2.75, 3.05) is 52.2 Å². The number of aromatic carboxylic acids is 1. The van der Waals surface area contributed by atoms with Gasteiger partial charge in [0.2, 0.25) is 20.0 Å². The van der Waals surface area contributed by atoms with Crippen molar-refractivity contribution in [3.63, 3.8) is 0 Å². The van der Waals surface area contributed by atoms with Gasteiger partial charge < -0.3 is 16.2 Å². The number of thioether (sulfide) groups is 2. The molecule has 0 aliphatic rings. The summed E-state index contributed by atoms with van der Waals surface area (Å²) in [5.41, 5.74) is 9.83. The van der Waals surface area contributed by atoms with Gasteiger partial charge in [-0.15, -0.1) is 22.7 Å². The number of ketones is 2. The van der Waals surface area contributed by atoms with Gasteiger partial charge in [-0.2, -0.15) is 50.5 Å². The molecule has 6 rings (SSSR count). The van der Waals surface area contributed by atoms with Crippen molar-refractivity contribution in [3.8, 4) is 22.5 Å². The highest BCUT2D eigenvalue weighted by molar-refractivity contribution is 7.98. The number of carboxylic acid groups (broad SMARTS) is 1. The Morgan fingerprint density at radius 3 is 1.43 bits per heavy atom. The van der Waals surface area contributed by atoms with E-state index in [4.69, 9.17) is 10.8 Å². The normalized spacial score (nSPS) is 11.3. The molecule has 4 N–H and O–H groups in total. The van der Waals surface area contributed by atoms with E-state index in [2.05, 4.69) is 15.3 Å². The maximum atomic E-state index is 13.1. The van der Waals surface area contributed by atoms with Gasteiger partial charge in [-0.1, -0.05) is 103 Å². The number of carbonyl (C=O) groups is 4. The molecule has 0 radical (unpaired) electrons. The second-order valence-electron chi connectivity index (χ2n) is 15.4. The third-order valence-corrected chi connectivity index (χ3v) is 16.6. The Balaban J connectivity index is -0.00000109. The minimum atomic E-state index is -3.68. The molecule has 4 aromatic carbocycles. The zero-order valence-electron chi connectivity index (χ0n) is 40.0. The lowest BCUT2D eigenvalue weighted by Gasteiger charge is -2.18. The van der Waals surface area contributed by atoms with Crippen molar-refractivity contribution in [2.45, 2.75) is 77.3 Å². The molecule has 0 fully saturated rings. The third-order valence-electron chi connectivity index (χ3n) is 9.98. The number of carboxylic acids is 1. The van der Waals surface area contributed by atoms with E-state index >= 15 is 0 Å². The summed E-state index contributed by atoms with van der Waals surface area (Å²) in [6.07, 6.45) is 5.62. The Labute approximate surface area is 477 Å². The first kappa shape index (κ1) is 74.8. The Morgan fingerprint density at radius 2 is 1.01 bits per heavy atom.